The van der Waals surface area contributed by atoms with Crippen LogP contribution in [0.25, 0.3) is 0 Å². The molecule has 0 spiro atoms. The van der Waals surface area contributed by atoms with Gasteiger partial charge in [-0.3, -0.25) is 0 Å². The summed E-state index contributed by atoms with van der Waals surface area (Å²) in [6.45, 7) is -0.173. The molecule has 0 radical (unpaired) electrons. The number of carboxylic acid groups (broad SMARTS) is 1. The molecule has 0 atom stereocenters. The maximum Gasteiger partial charge on any atom is 0.354 e. The highest BCUT2D eigenvalue weighted by Gasteiger charge is 2.12. The first-order valence-corrected chi connectivity index (χ1v) is 6.23. The van der Waals surface area contributed by atoms with Gasteiger partial charge in [0.2, 0.25) is 5.82 Å². The van der Waals surface area contributed by atoms with Crippen LogP contribution in [0, 0.1) is 11.6 Å². The van der Waals surface area contributed by atoms with E-state index in [0.717, 1.165) is 6.07 Å². The zero-order valence-corrected chi connectivity index (χ0v) is 11.5. The number of ether oxygens (including phenoxy) is 1. The molecular formula is C13H8BrF2NO3. The molecule has 0 aliphatic rings. The van der Waals surface area contributed by atoms with Gasteiger partial charge in [-0.15, -0.1) is 0 Å². The maximum atomic E-state index is 13.5. The Bertz CT molecular complexity index is 664. The second-order valence-electron chi connectivity index (χ2n) is 3.81. The Hall–Kier alpha value is -2.02. The molecule has 0 aliphatic heterocycles. The van der Waals surface area contributed by atoms with Gasteiger partial charge in [0.25, 0.3) is 0 Å². The lowest BCUT2D eigenvalue weighted by molar-refractivity contribution is 0.0690. The van der Waals surface area contributed by atoms with Crippen LogP contribution in [-0.4, -0.2) is 16.1 Å². The second kappa shape index (κ2) is 5.96. The smallest absolute Gasteiger partial charge is 0.354 e. The fraction of sp³-hybridized carbons (Fsp3) is 0.0769. The summed E-state index contributed by atoms with van der Waals surface area (Å²) in [4.78, 5) is 14.6. The average Bonchev–Trinajstić information content (AvgIpc) is 2.41. The van der Waals surface area contributed by atoms with Gasteiger partial charge in [0.15, 0.2) is 11.6 Å². The molecule has 0 saturated heterocycles. The zero-order chi connectivity index (χ0) is 14.7. The van der Waals surface area contributed by atoms with Crippen molar-refractivity contribution in [2.24, 2.45) is 0 Å². The van der Waals surface area contributed by atoms with Crippen molar-refractivity contribution in [1.82, 2.24) is 4.98 Å². The van der Waals surface area contributed by atoms with Crippen molar-refractivity contribution in [1.29, 1.82) is 0 Å². The van der Waals surface area contributed by atoms with E-state index in [0.29, 0.717) is 10.2 Å². The second-order valence-corrected chi connectivity index (χ2v) is 4.72. The summed E-state index contributed by atoms with van der Waals surface area (Å²) in [5.74, 6) is -3.60. The monoisotopic (exact) mass is 343 g/mol. The highest BCUT2D eigenvalue weighted by molar-refractivity contribution is 9.10. The molecular weight excluding hydrogens is 336 g/mol. The van der Waals surface area contributed by atoms with Crippen LogP contribution in [0.4, 0.5) is 8.78 Å². The number of hydrogen-bond acceptors (Lipinski definition) is 3. The Morgan fingerprint density at radius 2 is 2.10 bits per heavy atom. The Morgan fingerprint density at radius 3 is 2.80 bits per heavy atom. The molecule has 0 amide bonds. The number of nitrogens with zero attached hydrogens (tertiary/aromatic N) is 1. The van der Waals surface area contributed by atoms with Crippen molar-refractivity contribution in [3.63, 3.8) is 0 Å². The molecule has 0 unspecified atom stereocenters. The number of carbonyl (C=O) groups is 1. The minimum Gasteiger partial charge on any atom is -0.484 e. The lowest BCUT2D eigenvalue weighted by Crippen LogP contribution is -2.05. The number of pyridine rings is 1. The van der Waals surface area contributed by atoms with E-state index in [2.05, 4.69) is 20.9 Å². The predicted molar refractivity (Wildman–Crippen MR) is 69.6 cm³/mol. The molecule has 1 N–H and O–H groups in total. The number of carboxylic acids is 1. The van der Waals surface area contributed by atoms with Gasteiger partial charge in [0.05, 0.1) is 5.69 Å². The number of rotatable bonds is 4. The van der Waals surface area contributed by atoms with Gasteiger partial charge in [-0.05, 0) is 24.3 Å². The van der Waals surface area contributed by atoms with E-state index in [1.165, 1.54) is 24.3 Å². The predicted octanol–water partition coefficient (Wildman–Crippen LogP) is 3.40. The summed E-state index contributed by atoms with van der Waals surface area (Å²) < 4.78 is 32.1. The van der Waals surface area contributed by atoms with Gasteiger partial charge >= 0.3 is 5.97 Å². The molecule has 1 heterocycles. The molecule has 4 nitrogen and oxygen atoms in total. The van der Waals surface area contributed by atoms with Crippen molar-refractivity contribution in [3.05, 3.63) is 57.8 Å². The fourth-order valence-corrected chi connectivity index (χ4v) is 1.88. The van der Waals surface area contributed by atoms with E-state index in [9.17, 15) is 13.6 Å². The topological polar surface area (TPSA) is 59.4 Å². The minimum atomic E-state index is -1.17. The van der Waals surface area contributed by atoms with Crippen LogP contribution in [0.3, 0.4) is 0 Å². The molecule has 7 heteroatoms. The number of hydrogen-bond donors (Lipinski definition) is 1. The highest BCUT2D eigenvalue weighted by atomic mass is 79.9. The number of aromatic nitrogens is 1. The summed E-state index contributed by atoms with van der Waals surface area (Å²) in [5, 5.41) is 8.79. The van der Waals surface area contributed by atoms with Crippen LogP contribution in [-0.2, 0) is 6.61 Å². The van der Waals surface area contributed by atoms with Crippen molar-refractivity contribution in [2.45, 2.75) is 6.61 Å². The molecule has 1 aromatic heterocycles. The van der Waals surface area contributed by atoms with Gasteiger partial charge in [-0.2, -0.15) is 4.39 Å². The minimum absolute atomic E-state index is 0.146. The largest absolute Gasteiger partial charge is 0.484 e. The van der Waals surface area contributed by atoms with E-state index in [4.69, 9.17) is 9.84 Å². The van der Waals surface area contributed by atoms with Crippen molar-refractivity contribution < 1.29 is 23.4 Å². The van der Waals surface area contributed by atoms with E-state index in [1.54, 1.807) is 0 Å². The van der Waals surface area contributed by atoms with E-state index in [-0.39, 0.29) is 18.1 Å². The molecule has 20 heavy (non-hydrogen) atoms. The lowest BCUT2D eigenvalue weighted by Gasteiger charge is -2.08. The van der Waals surface area contributed by atoms with Crippen molar-refractivity contribution in [2.75, 3.05) is 0 Å². The SMILES string of the molecule is O=C(O)c1cccc(COc2cc(Br)cc(F)c2F)n1. The summed E-state index contributed by atoms with van der Waals surface area (Å²) in [6.07, 6.45) is 0. The van der Waals surface area contributed by atoms with Crippen LogP contribution >= 0.6 is 15.9 Å². The molecule has 104 valence electrons. The first-order valence-electron chi connectivity index (χ1n) is 5.44. The van der Waals surface area contributed by atoms with E-state index in [1.807, 2.05) is 0 Å². The van der Waals surface area contributed by atoms with Crippen LogP contribution in [0.15, 0.2) is 34.8 Å². The van der Waals surface area contributed by atoms with Crippen LogP contribution in [0.1, 0.15) is 16.2 Å². The Kier molecular flexibility index (Phi) is 4.29. The lowest BCUT2D eigenvalue weighted by atomic mass is 10.3. The third-order valence-corrected chi connectivity index (χ3v) is 2.82. The molecule has 0 saturated carbocycles. The van der Waals surface area contributed by atoms with Crippen LogP contribution < -0.4 is 4.74 Å². The van der Waals surface area contributed by atoms with Crippen molar-refractivity contribution in [3.8, 4) is 5.75 Å². The maximum absolute atomic E-state index is 13.5. The van der Waals surface area contributed by atoms with Gasteiger partial charge in [0, 0.05) is 4.47 Å². The zero-order valence-electron chi connectivity index (χ0n) is 9.94. The molecule has 1 aromatic carbocycles. The first-order chi connectivity index (χ1) is 9.47. The number of halogens is 3. The van der Waals surface area contributed by atoms with Gasteiger partial charge in [0.1, 0.15) is 12.3 Å². The summed E-state index contributed by atoms with van der Waals surface area (Å²) in [7, 11) is 0. The summed E-state index contributed by atoms with van der Waals surface area (Å²) in [5.41, 5.74) is 0.150. The normalized spacial score (nSPS) is 10.3. The molecule has 2 rings (SSSR count). The Labute approximate surface area is 121 Å². The number of benzene rings is 1. The number of aromatic carboxylic acids is 1. The quantitative estimate of drug-likeness (QED) is 0.864. The first kappa shape index (κ1) is 14.4. The third kappa shape index (κ3) is 3.30. The summed E-state index contributed by atoms with van der Waals surface area (Å²) in [6, 6.07) is 6.60. The van der Waals surface area contributed by atoms with E-state index >= 15 is 0 Å². The summed E-state index contributed by atoms with van der Waals surface area (Å²) >= 11 is 3.02. The van der Waals surface area contributed by atoms with Gasteiger partial charge in [-0.1, -0.05) is 22.0 Å². The van der Waals surface area contributed by atoms with Gasteiger partial charge < -0.3 is 9.84 Å². The highest BCUT2D eigenvalue weighted by Crippen LogP contribution is 2.25. The van der Waals surface area contributed by atoms with E-state index < -0.39 is 17.6 Å². The molecule has 2 aromatic rings. The molecule has 0 bridgehead atoms. The average molecular weight is 344 g/mol. The Morgan fingerprint density at radius 1 is 1.35 bits per heavy atom. The molecule has 0 fully saturated rings. The van der Waals surface area contributed by atoms with Crippen molar-refractivity contribution >= 4 is 21.9 Å². The van der Waals surface area contributed by atoms with Crippen LogP contribution in [0.5, 0.6) is 5.75 Å². The molecule has 0 aliphatic carbocycles. The fourth-order valence-electron chi connectivity index (χ4n) is 1.47. The standard InChI is InChI=1S/C13H8BrF2NO3/c14-7-4-9(15)12(16)11(5-7)20-6-8-2-1-3-10(17-8)13(18)19/h1-5H,6H2,(H,18,19). The van der Waals surface area contributed by atoms with Crippen LogP contribution in [0.2, 0.25) is 0 Å². The Balaban J connectivity index is 2.17. The third-order valence-electron chi connectivity index (χ3n) is 2.36. The van der Waals surface area contributed by atoms with Gasteiger partial charge in [-0.25, -0.2) is 14.2 Å².